The number of carbonyl (C=O) groups is 1. The topological polar surface area (TPSA) is 77.0 Å². The molecule has 0 radical (unpaired) electrons. The normalized spacial score (nSPS) is 24.5. The second-order valence-electron chi connectivity index (χ2n) is 4.29. The SMILES string of the molecule is CCC(OCOCCOC)C1C(=O)NC1CCO. The lowest BCUT2D eigenvalue weighted by atomic mass is 9.82. The van der Waals surface area contributed by atoms with Gasteiger partial charge in [0.2, 0.25) is 5.91 Å². The molecule has 1 fully saturated rings. The second kappa shape index (κ2) is 8.42. The lowest BCUT2D eigenvalue weighted by Crippen LogP contribution is -2.63. The number of rotatable bonds is 10. The molecule has 1 aliphatic heterocycles. The minimum absolute atomic E-state index is 0.00260. The average Bonchev–Trinajstić information content (AvgIpc) is 2.36. The minimum atomic E-state index is -0.173. The van der Waals surface area contributed by atoms with Crippen LogP contribution in [0.25, 0.3) is 0 Å². The minimum Gasteiger partial charge on any atom is -0.396 e. The fourth-order valence-electron chi connectivity index (χ4n) is 2.09. The summed E-state index contributed by atoms with van der Waals surface area (Å²) in [5, 5.41) is 11.7. The molecule has 0 aliphatic carbocycles. The van der Waals surface area contributed by atoms with Crippen molar-refractivity contribution in [1.82, 2.24) is 5.32 Å². The zero-order chi connectivity index (χ0) is 13.4. The largest absolute Gasteiger partial charge is 0.396 e. The number of β-lactam (4-membered cyclic amide) rings is 1. The number of hydrogen-bond acceptors (Lipinski definition) is 5. The van der Waals surface area contributed by atoms with E-state index in [-0.39, 0.29) is 37.4 Å². The Morgan fingerprint density at radius 2 is 2.22 bits per heavy atom. The summed E-state index contributed by atoms with van der Waals surface area (Å²) in [7, 11) is 1.61. The van der Waals surface area contributed by atoms with E-state index in [4.69, 9.17) is 19.3 Å². The van der Waals surface area contributed by atoms with E-state index in [1.165, 1.54) is 0 Å². The van der Waals surface area contributed by atoms with Crippen LogP contribution >= 0.6 is 0 Å². The van der Waals surface area contributed by atoms with E-state index in [0.29, 0.717) is 19.6 Å². The van der Waals surface area contributed by atoms with Gasteiger partial charge in [-0.15, -0.1) is 0 Å². The summed E-state index contributed by atoms with van der Waals surface area (Å²) < 4.78 is 15.6. The van der Waals surface area contributed by atoms with Crippen LogP contribution in [0.5, 0.6) is 0 Å². The summed E-state index contributed by atoms with van der Waals surface area (Å²) in [6, 6.07) is 0.0198. The van der Waals surface area contributed by atoms with Crippen LogP contribution < -0.4 is 5.32 Å². The molecule has 0 aromatic rings. The lowest BCUT2D eigenvalue weighted by molar-refractivity contribution is -0.157. The highest BCUT2D eigenvalue weighted by molar-refractivity contribution is 5.86. The van der Waals surface area contributed by atoms with Gasteiger partial charge in [-0.1, -0.05) is 6.92 Å². The van der Waals surface area contributed by atoms with Gasteiger partial charge >= 0.3 is 0 Å². The molecule has 0 saturated carbocycles. The highest BCUT2D eigenvalue weighted by atomic mass is 16.7. The fraction of sp³-hybridized carbons (Fsp3) is 0.917. The molecule has 0 bridgehead atoms. The molecule has 6 nitrogen and oxygen atoms in total. The zero-order valence-electron chi connectivity index (χ0n) is 11.1. The van der Waals surface area contributed by atoms with Crippen LogP contribution in [0, 0.1) is 5.92 Å². The summed E-state index contributed by atoms with van der Waals surface area (Å²) in [5.74, 6) is -0.176. The molecule has 3 atom stereocenters. The first kappa shape index (κ1) is 15.4. The van der Waals surface area contributed by atoms with Gasteiger partial charge < -0.3 is 24.6 Å². The second-order valence-corrected chi connectivity index (χ2v) is 4.29. The van der Waals surface area contributed by atoms with Gasteiger partial charge in [0.25, 0.3) is 0 Å². The molecule has 1 aliphatic rings. The first-order valence-electron chi connectivity index (χ1n) is 6.34. The quantitative estimate of drug-likeness (QED) is 0.326. The lowest BCUT2D eigenvalue weighted by Gasteiger charge is -2.40. The van der Waals surface area contributed by atoms with Crippen molar-refractivity contribution in [3.63, 3.8) is 0 Å². The highest BCUT2D eigenvalue weighted by Gasteiger charge is 2.43. The van der Waals surface area contributed by atoms with Crippen LogP contribution in [0.3, 0.4) is 0 Å². The van der Waals surface area contributed by atoms with Crippen molar-refractivity contribution in [3.05, 3.63) is 0 Å². The zero-order valence-corrected chi connectivity index (χ0v) is 11.1. The summed E-state index contributed by atoms with van der Waals surface area (Å²) in [6.07, 6.45) is 1.16. The summed E-state index contributed by atoms with van der Waals surface area (Å²) in [4.78, 5) is 11.5. The molecule has 2 N–H and O–H groups in total. The van der Waals surface area contributed by atoms with Crippen molar-refractivity contribution >= 4 is 5.91 Å². The first-order chi connectivity index (χ1) is 8.74. The third-order valence-corrected chi connectivity index (χ3v) is 3.10. The fourth-order valence-corrected chi connectivity index (χ4v) is 2.09. The van der Waals surface area contributed by atoms with E-state index in [9.17, 15) is 4.79 Å². The van der Waals surface area contributed by atoms with Crippen molar-refractivity contribution < 1.29 is 24.1 Å². The van der Waals surface area contributed by atoms with E-state index < -0.39 is 0 Å². The van der Waals surface area contributed by atoms with Gasteiger partial charge in [0.15, 0.2) is 0 Å². The Morgan fingerprint density at radius 1 is 1.44 bits per heavy atom. The number of aliphatic hydroxyl groups is 1. The molecule has 6 heteroatoms. The van der Waals surface area contributed by atoms with Gasteiger partial charge in [0, 0.05) is 19.8 Å². The maximum atomic E-state index is 11.5. The predicted molar refractivity (Wildman–Crippen MR) is 65.0 cm³/mol. The van der Waals surface area contributed by atoms with Crippen LogP contribution in [-0.4, -0.2) is 56.9 Å². The number of amides is 1. The molecule has 1 saturated heterocycles. The summed E-state index contributed by atoms with van der Waals surface area (Å²) in [5.41, 5.74) is 0. The van der Waals surface area contributed by atoms with Crippen molar-refractivity contribution in [2.75, 3.05) is 33.7 Å². The van der Waals surface area contributed by atoms with E-state index in [0.717, 1.165) is 6.42 Å². The van der Waals surface area contributed by atoms with Crippen molar-refractivity contribution in [3.8, 4) is 0 Å². The average molecular weight is 261 g/mol. The molecular weight excluding hydrogens is 238 g/mol. The van der Waals surface area contributed by atoms with E-state index in [1.54, 1.807) is 7.11 Å². The number of aliphatic hydroxyl groups excluding tert-OH is 1. The third kappa shape index (κ3) is 4.20. The Morgan fingerprint density at radius 3 is 2.78 bits per heavy atom. The number of ether oxygens (including phenoxy) is 3. The van der Waals surface area contributed by atoms with E-state index >= 15 is 0 Å². The van der Waals surface area contributed by atoms with E-state index in [2.05, 4.69) is 5.32 Å². The Bertz CT molecular complexity index is 249. The van der Waals surface area contributed by atoms with Crippen LogP contribution in [0.4, 0.5) is 0 Å². The Hall–Kier alpha value is -0.690. The monoisotopic (exact) mass is 261 g/mol. The van der Waals surface area contributed by atoms with Crippen LogP contribution in [-0.2, 0) is 19.0 Å². The molecule has 106 valence electrons. The molecule has 0 aromatic carbocycles. The van der Waals surface area contributed by atoms with Crippen LogP contribution in [0.1, 0.15) is 19.8 Å². The van der Waals surface area contributed by atoms with Gasteiger partial charge in [-0.25, -0.2) is 0 Å². The standard InChI is InChI=1S/C12H23NO5/c1-3-10(18-8-17-7-6-16-2)11-9(4-5-14)13-12(11)15/h9-11,14H,3-8H2,1-2H3,(H,13,15). The number of nitrogens with one attached hydrogen (secondary N) is 1. The van der Waals surface area contributed by atoms with Gasteiger partial charge in [0.1, 0.15) is 6.79 Å². The molecule has 1 amide bonds. The first-order valence-corrected chi connectivity index (χ1v) is 6.34. The summed E-state index contributed by atoms with van der Waals surface area (Å²) >= 11 is 0. The van der Waals surface area contributed by atoms with Gasteiger partial charge in [-0.05, 0) is 12.8 Å². The molecule has 3 unspecified atom stereocenters. The summed E-state index contributed by atoms with van der Waals surface area (Å²) in [6.45, 7) is 3.21. The highest BCUT2D eigenvalue weighted by Crippen LogP contribution is 2.25. The smallest absolute Gasteiger partial charge is 0.228 e. The van der Waals surface area contributed by atoms with Gasteiger partial charge in [0.05, 0.1) is 25.2 Å². The molecular formula is C12H23NO5. The van der Waals surface area contributed by atoms with Crippen molar-refractivity contribution in [2.24, 2.45) is 5.92 Å². The number of carbonyl (C=O) groups excluding carboxylic acids is 1. The van der Waals surface area contributed by atoms with Gasteiger partial charge in [-0.3, -0.25) is 4.79 Å². The number of methoxy groups -OCH3 is 1. The third-order valence-electron chi connectivity index (χ3n) is 3.10. The molecule has 1 rings (SSSR count). The maximum absolute atomic E-state index is 11.5. The molecule has 18 heavy (non-hydrogen) atoms. The van der Waals surface area contributed by atoms with E-state index in [1.807, 2.05) is 6.92 Å². The molecule has 0 spiro atoms. The van der Waals surface area contributed by atoms with Crippen molar-refractivity contribution in [1.29, 1.82) is 0 Å². The predicted octanol–water partition coefficient (Wildman–Crippen LogP) is -0.101. The maximum Gasteiger partial charge on any atom is 0.228 e. The molecule has 0 aromatic heterocycles. The Labute approximate surface area is 108 Å². The van der Waals surface area contributed by atoms with Gasteiger partial charge in [-0.2, -0.15) is 0 Å². The Balaban J connectivity index is 2.28. The molecule has 1 heterocycles. The van der Waals surface area contributed by atoms with Crippen molar-refractivity contribution in [2.45, 2.75) is 31.9 Å². The Kier molecular flexibility index (Phi) is 7.19. The van der Waals surface area contributed by atoms with Crippen LogP contribution in [0.2, 0.25) is 0 Å². The van der Waals surface area contributed by atoms with Crippen LogP contribution in [0.15, 0.2) is 0 Å². The number of hydrogen-bond donors (Lipinski definition) is 2.